The number of hydrogen-bond acceptors (Lipinski definition) is 6. The lowest BCUT2D eigenvalue weighted by atomic mass is 9.99. The van der Waals surface area contributed by atoms with E-state index >= 15 is 0 Å². The Morgan fingerprint density at radius 1 is 0.962 bits per heavy atom. The molecule has 1 aliphatic rings. The second kappa shape index (κ2) is 7.66. The van der Waals surface area contributed by atoms with Crippen LogP contribution in [0.1, 0.15) is 11.1 Å². The van der Waals surface area contributed by atoms with Crippen LogP contribution in [0.2, 0.25) is 0 Å². The zero-order chi connectivity index (χ0) is 18.5. The highest BCUT2D eigenvalue weighted by Gasteiger charge is 2.18. The van der Waals surface area contributed by atoms with Crippen molar-refractivity contribution in [2.24, 2.45) is 0 Å². The van der Waals surface area contributed by atoms with Gasteiger partial charge in [0.1, 0.15) is 0 Å². The largest absolute Gasteiger partial charge is 0.312 e. The van der Waals surface area contributed by atoms with E-state index in [1.165, 1.54) is 6.07 Å². The number of nitrogens with one attached hydrogen (secondary N) is 1. The van der Waals surface area contributed by atoms with Gasteiger partial charge in [0.25, 0.3) is 11.4 Å². The molecular weight excluding hydrogens is 336 g/mol. The number of hydrogen-bond donors (Lipinski definition) is 1. The SMILES string of the molecule is O=[N+]([O-])c1cccc2c1CCNC2.O=[N+]([O-])c1cccc2cnccc12. The molecule has 3 aromatic rings. The summed E-state index contributed by atoms with van der Waals surface area (Å²) in [4.78, 5) is 24.5. The first kappa shape index (κ1) is 17.4. The van der Waals surface area contributed by atoms with Gasteiger partial charge in [0, 0.05) is 42.0 Å². The van der Waals surface area contributed by atoms with Crippen molar-refractivity contribution in [1.29, 1.82) is 0 Å². The number of non-ortho nitro benzene ring substituents is 1. The van der Waals surface area contributed by atoms with Crippen LogP contribution in [-0.2, 0) is 13.0 Å². The maximum absolute atomic E-state index is 10.7. The molecule has 0 atom stereocenters. The van der Waals surface area contributed by atoms with Crippen molar-refractivity contribution in [1.82, 2.24) is 10.3 Å². The number of fused-ring (bicyclic) bond motifs is 2. The van der Waals surface area contributed by atoms with Gasteiger partial charge in [0.2, 0.25) is 0 Å². The zero-order valence-corrected chi connectivity index (χ0v) is 13.8. The third kappa shape index (κ3) is 3.65. The van der Waals surface area contributed by atoms with Crippen molar-refractivity contribution in [3.63, 3.8) is 0 Å². The molecule has 0 saturated heterocycles. The molecule has 0 saturated carbocycles. The molecular formula is C18H16N4O4. The molecule has 1 aromatic heterocycles. The van der Waals surface area contributed by atoms with Crippen LogP contribution < -0.4 is 5.32 Å². The summed E-state index contributed by atoms with van der Waals surface area (Å²) in [6, 6.07) is 11.8. The van der Waals surface area contributed by atoms with E-state index in [4.69, 9.17) is 0 Å². The van der Waals surface area contributed by atoms with E-state index in [9.17, 15) is 20.2 Å². The Morgan fingerprint density at radius 2 is 1.69 bits per heavy atom. The molecule has 8 nitrogen and oxygen atoms in total. The van der Waals surface area contributed by atoms with Gasteiger partial charge in [-0.15, -0.1) is 0 Å². The number of nitrogens with zero attached hydrogens (tertiary/aromatic N) is 3. The maximum atomic E-state index is 10.7. The molecule has 132 valence electrons. The second-order valence-corrected chi connectivity index (χ2v) is 5.73. The molecule has 8 heteroatoms. The summed E-state index contributed by atoms with van der Waals surface area (Å²) < 4.78 is 0. The predicted octanol–water partition coefficient (Wildman–Crippen LogP) is 3.38. The van der Waals surface area contributed by atoms with Crippen molar-refractivity contribution in [2.45, 2.75) is 13.0 Å². The molecule has 0 aliphatic carbocycles. The summed E-state index contributed by atoms with van der Waals surface area (Å²) >= 11 is 0. The summed E-state index contributed by atoms with van der Waals surface area (Å²) in [6.07, 6.45) is 3.92. The summed E-state index contributed by atoms with van der Waals surface area (Å²) in [5.41, 5.74) is 2.34. The normalized spacial score (nSPS) is 12.6. The van der Waals surface area contributed by atoms with Crippen LogP contribution in [0.5, 0.6) is 0 Å². The van der Waals surface area contributed by atoms with Gasteiger partial charge >= 0.3 is 0 Å². The fraction of sp³-hybridized carbons (Fsp3) is 0.167. The fourth-order valence-corrected chi connectivity index (χ4v) is 2.95. The predicted molar refractivity (Wildman–Crippen MR) is 96.9 cm³/mol. The van der Waals surface area contributed by atoms with Crippen molar-refractivity contribution >= 4 is 22.1 Å². The van der Waals surface area contributed by atoms with Crippen molar-refractivity contribution in [3.8, 4) is 0 Å². The van der Waals surface area contributed by atoms with Crippen LogP contribution in [0.3, 0.4) is 0 Å². The minimum Gasteiger partial charge on any atom is -0.312 e. The molecule has 0 fully saturated rings. The average molecular weight is 352 g/mol. The average Bonchev–Trinajstić information content (AvgIpc) is 2.67. The number of rotatable bonds is 2. The third-order valence-electron chi connectivity index (χ3n) is 4.17. The number of benzene rings is 2. The first-order valence-electron chi connectivity index (χ1n) is 8.01. The highest BCUT2D eigenvalue weighted by molar-refractivity contribution is 5.89. The number of pyridine rings is 1. The zero-order valence-electron chi connectivity index (χ0n) is 13.8. The van der Waals surface area contributed by atoms with Crippen molar-refractivity contribution < 1.29 is 9.85 Å². The minimum atomic E-state index is -0.387. The van der Waals surface area contributed by atoms with Gasteiger partial charge in [-0.3, -0.25) is 25.2 Å². The van der Waals surface area contributed by atoms with Crippen molar-refractivity contribution in [2.75, 3.05) is 6.54 Å². The van der Waals surface area contributed by atoms with Gasteiger partial charge < -0.3 is 5.32 Å². The van der Waals surface area contributed by atoms with Crippen LogP contribution in [0.4, 0.5) is 11.4 Å². The van der Waals surface area contributed by atoms with Crippen LogP contribution >= 0.6 is 0 Å². The number of nitro groups is 2. The van der Waals surface area contributed by atoms with Crippen LogP contribution in [-0.4, -0.2) is 21.4 Å². The van der Waals surface area contributed by atoms with Gasteiger partial charge in [0.05, 0.1) is 15.2 Å². The van der Waals surface area contributed by atoms with Crippen molar-refractivity contribution in [3.05, 3.63) is 86.2 Å². The highest BCUT2D eigenvalue weighted by Crippen LogP contribution is 2.25. The summed E-state index contributed by atoms with van der Waals surface area (Å²) in [6.45, 7) is 1.58. The topological polar surface area (TPSA) is 111 Å². The van der Waals surface area contributed by atoms with Crippen LogP contribution in [0.15, 0.2) is 54.9 Å². The third-order valence-corrected chi connectivity index (χ3v) is 4.17. The van der Waals surface area contributed by atoms with E-state index in [-0.39, 0.29) is 21.2 Å². The molecule has 2 heterocycles. The smallest absolute Gasteiger partial charge is 0.277 e. The van der Waals surface area contributed by atoms with E-state index in [2.05, 4.69) is 10.3 Å². The minimum absolute atomic E-state index is 0.125. The van der Waals surface area contributed by atoms with Crippen LogP contribution in [0.25, 0.3) is 10.8 Å². The lowest BCUT2D eigenvalue weighted by Crippen LogP contribution is -2.24. The first-order chi connectivity index (χ1) is 12.6. The lowest BCUT2D eigenvalue weighted by molar-refractivity contribution is -0.385. The summed E-state index contributed by atoms with van der Waals surface area (Å²) in [7, 11) is 0. The molecule has 0 bridgehead atoms. The van der Waals surface area contributed by atoms with Gasteiger partial charge in [-0.1, -0.05) is 24.3 Å². The summed E-state index contributed by atoms with van der Waals surface area (Å²) in [5, 5.41) is 25.9. The molecule has 26 heavy (non-hydrogen) atoms. The highest BCUT2D eigenvalue weighted by atomic mass is 16.6. The molecule has 0 radical (unpaired) electrons. The Kier molecular flexibility index (Phi) is 5.14. The van der Waals surface area contributed by atoms with Gasteiger partial charge in [-0.25, -0.2) is 0 Å². The molecule has 1 aliphatic heterocycles. The Morgan fingerprint density at radius 3 is 2.46 bits per heavy atom. The standard InChI is InChI=1S/C9H10N2O2.C9H6N2O2/c2*12-11(13)9-3-1-2-7-6-10-5-4-8(7)9/h1-3,10H,4-6H2;1-6H. The first-order valence-corrected chi connectivity index (χ1v) is 8.01. The van der Waals surface area contributed by atoms with E-state index in [1.54, 1.807) is 42.7 Å². The lowest BCUT2D eigenvalue weighted by Gasteiger charge is -2.16. The molecule has 1 N–H and O–H groups in total. The van der Waals surface area contributed by atoms with E-state index < -0.39 is 0 Å². The Bertz CT molecular complexity index is 969. The molecule has 4 rings (SSSR count). The van der Waals surface area contributed by atoms with Gasteiger partial charge in [-0.2, -0.15) is 0 Å². The Labute approximate surface area is 148 Å². The summed E-state index contributed by atoms with van der Waals surface area (Å²) in [5.74, 6) is 0. The van der Waals surface area contributed by atoms with E-state index in [1.807, 2.05) is 6.07 Å². The Balaban J connectivity index is 0.000000151. The second-order valence-electron chi connectivity index (χ2n) is 5.73. The fourth-order valence-electron chi connectivity index (χ4n) is 2.95. The number of aromatic nitrogens is 1. The quantitative estimate of drug-likeness (QED) is 0.559. The van der Waals surface area contributed by atoms with E-state index in [0.717, 1.165) is 36.0 Å². The number of nitro benzene ring substituents is 2. The molecule has 2 aromatic carbocycles. The maximum Gasteiger partial charge on any atom is 0.277 e. The van der Waals surface area contributed by atoms with Gasteiger partial charge in [0.15, 0.2) is 0 Å². The monoisotopic (exact) mass is 352 g/mol. The molecule has 0 amide bonds. The molecule has 0 spiro atoms. The van der Waals surface area contributed by atoms with E-state index in [0.29, 0.717) is 5.39 Å². The molecule has 0 unspecified atom stereocenters. The van der Waals surface area contributed by atoms with Crippen LogP contribution in [0, 0.1) is 20.2 Å². The van der Waals surface area contributed by atoms with Gasteiger partial charge in [-0.05, 0) is 24.6 Å². The Hall–Kier alpha value is -3.39.